The van der Waals surface area contributed by atoms with Crippen molar-refractivity contribution in [2.45, 2.75) is 32.4 Å². The standard InChI is InChI=1S/C20H22ClFN2O2/c1-14(20(26)23-2)24(13-16-8-4-6-10-18(16)22)19(25)12-11-15-7-3-5-9-17(15)21/h3-10,14H,11-13H2,1-2H3,(H,23,26)/t14-/m0/s1. The quantitative estimate of drug-likeness (QED) is 0.803. The second kappa shape index (κ2) is 9.34. The van der Waals surface area contributed by atoms with Gasteiger partial charge in [0.05, 0.1) is 0 Å². The largest absolute Gasteiger partial charge is 0.357 e. The molecule has 0 saturated carbocycles. The molecule has 2 rings (SSSR count). The smallest absolute Gasteiger partial charge is 0.242 e. The van der Waals surface area contributed by atoms with Crippen LogP contribution in [0.15, 0.2) is 48.5 Å². The van der Waals surface area contributed by atoms with Crippen LogP contribution in [-0.4, -0.2) is 29.8 Å². The molecular weight excluding hydrogens is 355 g/mol. The third-order valence-electron chi connectivity index (χ3n) is 4.28. The van der Waals surface area contributed by atoms with E-state index in [0.29, 0.717) is 17.0 Å². The van der Waals surface area contributed by atoms with Gasteiger partial charge in [0.2, 0.25) is 11.8 Å². The molecule has 2 amide bonds. The molecular formula is C20H22ClFN2O2. The topological polar surface area (TPSA) is 49.4 Å². The van der Waals surface area contributed by atoms with Crippen molar-refractivity contribution in [2.75, 3.05) is 7.05 Å². The third-order valence-corrected chi connectivity index (χ3v) is 4.65. The van der Waals surface area contributed by atoms with Gasteiger partial charge in [0, 0.05) is 30.6 Å². The summed E-state index contributed by atoms with van der Waals surface area (Å²) in [6.07, 6.45) is 0.631. The molecule has 2 aromatic rings. The Kier molecular flexibility index (Phi) is 7.16. The van der Waals surface area contributed by atoms with E-state index in [1.807, 2.05) is 18.2 Å². The maximum Gasteiger partial charge on any atom is 0.242 e. The minimum atomic E-state index is -0.710. The molecule has 0 spiro atoms. The summed E-state index contributed by atoms with van der Waals surface area (Å²) in [7, 11) is 1.51. The van der Waals surface area contributed by atoms with E-state index in [1.165, 1.54) is 18.0 Å². The highest BCUT2D eigenvalue weighted by atomic mass is 35.5. The highest BCUT2D eigenvalue weighted by Crippen LogP contribution is 2.19. The van der Waals surface area contributed by atoms with Gasteiger partial charge in [-0.1, -0.05) is 48.0 Å². The minimum Gasteiger partial charge on any atom is -0.357 e. The van der Waals surface area contributed by atoms with Crippen LogP contribution < -0.4 is 5.32 Å². The van der Waals surface area contributed by atoms with Crippen LogP contribution in [0.2, 0.25) is 5.02 Å². The van der Waals surface area contributed by atoms with Crippen molar-refractivity contribution in [1.29, 1.82) is 0 Å². The fraction of sp³-hybridized carbons (Fsp3) is 0.300. The SMILES string of the molecule is CNC(=O)[C@H](C)N(Cc1ccccc1F)C(=O)CCc1ccccc1Cl. The number of benzene rings is 2. The van der Waals surface area contributed by atoms with Crippen molar-refractivity contribution >= 4 is 23.4 Å². The third kappa shape index (κ3) is 5.05. The Balaban J connectivity index is 2.17. The number of nitrogens with zero attached hydrogens (tertiary/aromatic N) is 1. The van der Waals surface area contributed by atoms with Gasteiger partial charge in [-0.3, -0.25) is 9.59 Å². The normalized spacial score (nSPS) is 11.7. The van der Waals surface area contributed by atoms with Crippen LogP contribution in [-0.2, 0) is 22.6 Å². The number of aryl methyl sites for hydroxylation is 1. The first-order chi connectivity index (χ1) is 12.4. The van der Waals surface area contributed by atoms with Gasteiger partial charge in [-0.05, 0) is 31.0 Å². The summed E-state index contributed by atoms with van der Waals surface area (Å²) in [6.45, 7) is 1.66. The molecule has 138 valence electrons. The first-order valence-electron chi connectivity index (χ1n) is 8.42. The Hall–Kier alpha value is -2.40. The molecule has 1 atom stereocenters. The van der Waals surface area contributed by atoms with Crippen molar-refractivity contribution in [3.8, 4) is 0 Å². The van der Waals surface area contributed by atoms with Crippen molar-refractivity contribution in [1.82, 2.24) is 10.2 Å². The van der Waals surface area contributed by atoms with E-state index in [2.05, 4.69) is 5.32 Å². The molecule has 0 heterocycles. The van der Waals surface area contributed by atoms with Crippen molar-refractivity contribution in [3.05, 3.63) is 70.5 Å². The maximum absolute atomic E-state index is 14.0. The number of halogens is 2. The molecule has 0 aliphatic heterocycles. The molecule has 0 aliphatic rings. The minimum absolute atomic E-state index is 0.0304. The number of amides is 2. The predicted octanol–water partition coefficient (Wildman–Crippen LogP) is 3.58. The van der Waals surface area contributed by atoms with Crippen LogP contribution in [0.25, 0.3) is 0 Å². The van der Waals surface area contributed by atoms with Gasteiger partial charge in [0.15, 0.2) is 0 Å². The number of nitrogens with one attached hydrogen (secondary N) is 1. The van der Waals surface area contributed by atoms with E-state index >= 15 is 0 Å². The molecule has 0 unspecified atom stereocenters. The lowest BCUT2D eigenvalue weighted by Gasteiger charge is -2.28. The molecule has 0 radical (unpaired) electrons. The average molecular weight is 377 g/mol. The van der Waals surface area contributed by atoms with E-state index in [4.69, 9.17) is 11.6 Å². The number of hydrogen-bond donors (Lipinski definition) is 1. The summed E-state index contributed by atoms with van der Waals surface area (Å²) < 4.78 is 14.0. The highest BCUT2D eigenvalue weighted by Gasteiger charge is 2.26. The first kappa shape index (κ1) is 19.9. The van der Waals surface area contributed by atoms with Crippen LogP contribution >= 0.6 is 11.6 Å². The summed E-state index contributed by atoms with van der Waals surface area (Å²) in [5, 5.41) is 3.13. The Labute approximate surface area is 158 Å². The zero-order chi connectivity index (χ0) is 19.1. The molecule has 6 heteroatoms. The zero-order valence-electron chi connectivity index (χ0n) is 14.8. The number of carbonyl (C=O) groups excluding carboxylic acids is 2. The van der Waals surface area contributed by atoms with Gasteiger partial charge in [0.25, 0.3) is 0 Å². The maximum atomic E-state index is 14.0. The Bertz CT molecular complexity index is 782. The van der Waals surface area contributed by atoms with E-state index in [9.17, 15) is 14.0 Å². The summed E-state index contributed by atoms with van der Waals surface area (Å²) in [4.78, 5) is 26.2. The summed E-state index contributed by atoms with van der Waals surface area (Å²) in [5.74, 6) is -0.933. The lowest BCUT2D eigenvalue weighted by atomic mass is 10.1. The molecule has 2 aromatic carbocycles. The predicted molar refractivity (Wildman–Crippen MR) is 100 cm³/mol. The fourth-order valence-electron chi connectivity index (χ4n) is 2.69. The summed E-state index contributed by atoms with van der Waals surface area (Å²) in [6, 6.07) is 12.8. The average Bonchev–Trinajstić information content (AvgIpc) is 2.65. The first-order valence-corrected chi connectivity index (χ1v) is 8.79. The number of hydrogen-bond acceptors (Lipinski definition) is 2. The van der Waals surface area contributed by atoms with Gasteiger partial charge in [0.1, 0.15) is 11.9 Å². The summed E-state index contributed by atoms with van der Waals surface area (Å²) in [5.41, 5.74) is 1.23. The highest BCUT2D eigenvalue weighted by molar-refractivity contribution is 6.31. The van der Waals surface area contributed by atoms with Gasteiger partial charge >= 0.3 is 0 Å². The second-order valence-electron chi connectivity index (χ2n) is 5.99. The van der Waals surface area contributed by atoms with Crippen LogP contribution in [0, 0.1) is 5.82 Å². The number of likely N-dealkylation sites (N-methyl/N-ethyl adjacent to an activating group) is 1. The Morgan fingerprint density at radius 1 is 1.12 bits per heavy atom. The van der Waals surface area contributed by atoms with Crippen LogP contribution in [0.3, 0.4) is 0 Å². The molecule has 0 aliphatic carbocycles. The summed E-state index contributed by atoms with van der Waals surface area (Å²) >= 11 is 6.13. The molecule has 1 N–H and O–H groups in total. The number of carbonyl (C=O) groups is 2. The van der Waals surface area contributed by atoms with E-state index in [-0.39, 0.29) is 24.8 Å². The van der Waals surface area contributed by atoms with Gasteiger partial charge < -0.3 is 10.2 Å². The fourth-order valence-corrected chi connectivity index (χ4v) is 2.92. The molecule has 4 nitrogen and oxygen atoms in total. The van der Waals surface area contributed by atoms with Gasteiger partial charge in [-0.25, -0.2) is 4.39 Å². The number of rotatable bonds is 7. The molecule has 0 saturated heterocycles. The Morgan fingerprint density at radius 3 is 2.35 bits per heavy atom. The van der Waals surface area contributed by atoms with Gasteiger partial charge in [-0.2, -0.15) is 0 Å². The Morgan fingerprint density at radius 2 is 1.73 bits per heavy atom. The molecule has 26 heavy (non-hydrogen) atoms. The van der Waals surface area contributed by atoms with Crippen LogP contribution in [0.1, 0.15) is 24.5 Å². The van der Waals surface area contributed by atoms with Crippen LogP contribution in [0.5, 0.6) is 0 Å². The second-order valence-corrected chi connectivity index (χ2v) is 6.40. The van der Waals surface area contributed by atoms with E-state index in [1.54, 1.807) is 31.2 Å². The van der Waals surface area contributed by atoms with Crippen molar-refractivity contribution < 1.29 is 14.0 Å². The van der Waals surface area contributed by atoms with Crippen molar-refractivity contribution in [3.63, 3.8) is 0 Å². The van der Waals surface area contributed by atoms with E-state index < -0.39 is 11.9 Å². The monoisotopic (exact) mass is 376 g/mol. The van der Waals surface area contributed by atoms with Gasteiger partial charge in [-0.15, -0.1) is 0 Å². The van der Waals surface area contributed by atoms with Crippen LogP contribution in [0.4, 0.5) is 4.39 Å². The lowest BCUT2D eigenvalue weighted by molar-refractivity contribution is -0.140. The molecule has 0 bridgehead atoms. The zero-order valence-corrected chi connectivity index (χ0v) is 15.6. The molecule has 0 fully saturated rings. The lowest BCUT2D eigenvalue weighted by Crippen LogP contribution is -2.46. The van der Waals surface area contributed by atoms with Crippen molar-refractivity contribution in [2.24, 2.45) is 0 Å². The van der Waals surface area contributed by atoms with E-state index in [0.717, 1.165) is 5.56 Å². The molecule has 0 aromatic heterocycles.